The molecule has 3 heterocycles. The highest BCUT2D eigenvalue weighted by molar-refractivity contribution is 6.07. The zero-order valence-electron chi connectivity index (χ0n) is 23.0. The number of hydrogen-bond donors (Lipinski definition) is 2. The van der Waals surface area contributed by atoms with Crippen LogP contribution < -0.4 is 20.7 Å². The Hall–Kier alpha value is -3.97. The number of aromatic amines is 1. The van der Waals surface area contributed by atoms with Gasteiger partial charge in [-0.05, 0) is 43.8 Å². The first-order valence-electron chi connectivity index (χ1n) is 13.4. The average Bonchev–Trinajstić information content (AvgIpc) is 2.95. The Morgan fingerprint density at radius 3 is 2.38 bits per heavy atom. The van der Waals surface area contributed by atoms with Crippen molar-refractivity contribution in [3.8, 4) is 11.1 Å². The first-order valence-corrected chi connectivity index (χ1v) is 13.4. The quantitative estimate of drug-likeness (QED) is 0.424. The second-order valence-corrected chi connectivity index (χ2v) is 10.5. The van der Waals surface area contributed by atoms with E-state index in [2.05, 4.69) is 15.2 Å². The number of morpholine rings is 1. The summed E-state index contributed by atoms with van der Waals surface area (Å²) >= 11 is 0. The molecule has 3 aromatic rings. The molecule has 2 fully saturated rings. The number of ether oxygens (including phenoxy) is 1. The zero-order chi connectivity index (χ0) is 30.2. The molecule has 0 aliphatic carbocycles. The number of H-pyrrole nitrogens is 1. The molecule has 1 aromatic heterocycles. The van der Waals surface area contributed by atoms with Gasteiger partial charge in [-0.15, -0.1) is 0 Å². The Bertz CT molecular complexity index is 1540. The van der Waals surface area contributed by atoms with Gasteiger partial charge >= 0.3 is 6.18 Å². The Kier molecular flexibility index (Phi) is 8.24. The summed E-state index contributed by atoms with van der Waals surface area (Å²) in [6.07, 6.45) is -4.27. The molecule has 0 saturated carbocycles. The number of hydrogen-bond acceptors (Lipinski definition) is 6. The number of nitrogens with zero attached hydrogens (tertiary/aromatic N) is 3. The van der Waals surface area contributed by atoms with Gasteiger partial charge in [0.15, 0.2) is 0 Å². The van der Waals surface area contributed by atoms with E-state index < -0.39 is 40.4 Å². The number of carbonyl (C=O) groups excluding carboxylic acids is 1. The summed E-state index contributed by atoms with van der Waals surface area (Å²) < 4.78 is 77.2. The molecule has 2 aliphatic heterocycles. The van der Waals surface area contributed by atoms with Crippen molar-refractivity contribution in [3.63, 3.8) is 0 Å². The van der Waals surface area contributed by atoms with Crippen molar-refractivity contribution in [3.05, 3.63) is 75.7 Å². The largest absolute Gasteiger partial charge is 0.417 e. The molecular formula is C29H30F5N5O3. The van der Waals surface area contributed by atoms with Gasteiger partial charge in [0.1, 0.15) is 11.6 Å². The van der Waals surface area contributed by atoms with Crippen LogP contribution in [0.3, 0.4) is 0 Å². The maximum atomic E-state index is 15.7. The molecule has 1 amide bonds. The van der Waals surface area contributed by atoms with Gasteiger partial charge in [0, 0.05) is 56.6 Å². The van der Waals surface area contributed by atoms with Crippen LogP contribution in [0, 0.1) is 11.6 Å². The van der Waals surface area contributed by atoms with Crippen LogP contribution >= 0.6 is 0 Å². The molecule has 8 nitrogen and oxygen atoms in total. The standard InChI is InChI=1S/C29H30F5N5O3/c1-17-16-39(6-5-37(17)2)26-14-22(30)19(18-3-4-25(23(31)11-18)38-7-9-42-10-8-38)12-24(26)36-28(41)20-15-35-27(40)13-21(20)29(32,33)34/h3-4,11-15,17H,5-10,16H2,1-2H3,(H,35,40)(H,36,41)/t17-/m1/s1. The van der Waals surface area contributed by atoms with Gasteiger partial charge in [-0.25, -0.2) is 8.78 Å². The molecule has 42 heavy (non-hydrogen) atoms. The summed E-state index contributed by atoms with van der Waals surface area (Å²) in [6, 6.07) is 7.17. The molecule has 0 spiro atoms. The number of piperazine rings is 1. The highest BCUT2D eigenvalue weighted by atomic mass is 19.4. The number of benzene rings is 2. The van der Waals surface area contributed by atoms with Crippen LogP contribution in [-0.4, -0.2) is 74.8 Å². The topological polar surface area (TPSA) is 80.9 Å². The zero-order valence-corrected chi connectivity index (χ0v) is 23.0. The smallest absolute Gasteiger partial charge is 0.378 e. The van der Waals surface area contributed by atoms with Crippen LogP contribution in [-0.2, 0) is 10.9 Å². The molecule has 13 heteroatoms. The number of anilines is 3. The molecular weight excluding hydrogens is 561 g/mol. The number of alkyl halides is 3. The summed E-state index contributed by atoms with van der Waals surface area (Å²) in [5, 5.41) is 2.50. The molecule has 1 atom stereocenters. The van der Waals surface area contributed by atoms with Crippen molar-refractivity contribution < 1.29 is 31.5 Å². The maximum absolute atomic E-state index is 15.7. The average molecular weight is 592 g/mol. The number of rotatable bonds is 5. The molecule has 0 radical (unpaired) electrons. The Morgan fingerprint density at radius 1 is 0.976 bits per heavy atom. The number of likely N-dealkylation sites (N-methyl/N-ethyl adjacent to an activating group) is 1. The first kappa shape index (κ1) is 29.5. The molecule has 5 rings (SSSR count). The third-order valence-electron chi connectivity index (χ3n) is 7.72. The highest BCUT2D eigenvalue weighted by Crippen LogP contribution is 2.38. The molecule has 224 valence electrons. The summed E-state index contributed by atoms with van der Waals surface area (Å²) in [5.41, 5.74) is -2.40. The lowest BCUT2D eigenvalue weighted by molar-refractivity contribution is -0.138. The van der Waals surface area contributed by atoms with Crippen molar-refractivity contribution >= 4 is 23.0 Å². The number of pyridine rings is 1. The Labute approximate surface area is 238 Å². The van der Waals surface area contributed by atoms with Crippen LogP contribution in [0.4, 0.5) is 39.0 Å². The predicted molar refractivity (Wildman–Crippen MR) is 149 cm³/mol. The second kappa shape index (κ2) is 11.7. The van der Waals surface area contributed by atoms with Gasteiger partial charge in [-0.1, -0.05) is 6.07 Å². The fourth-order valence-electron chi connectivity index (χ4n) is 5.23. The van der Waals surface area contributed by atoms with E-state index in [1.54, 1.807) is 12.1 Å². The van der Waals surface area contributed by atoms with E-state index in [0.717, 1.165) is 0 Å². The predicted octanol–water partition coefficient (Wildman–Crippen LogP) is 4.57. The van der Waals surface area contributed by atoms with Crippen molar-refractivity contribution in [2.45, 2.75) is 19.1 Å². The maximum Gasteiger partial charge on any atom is 0.417 e. The molecule has 0 bridgehead atoms. The van der Waals surface area contributed by atoms with Crippen molar-refractivity contribution in [2.24, 2.45) is 0 Å². The monoisotopic (exact) mass is 591 g/mol. The van der Waals surface area contributed by atoms with Gasteiger partial charge in [0.25, 0.3) is 5.91 Å². The van der Waals surface area contributed by atoms with Gasteiger partial charge in [-0.2, -0.15) is 13.2 Å². The number of carbonyl (C=O) groups is 1. The second-order valence-electron chi connectivity index (χ2n) is 10.5. The minimum absolute atomic E-state index is 0.0406. The van der Waals surface area contributed by atoms with Crippen molar-refractivity contribution in [1.29, 1.82) is 0 Å². The fraction of sp³-hybridized carbons (Fsp3) is 0.379. The highest BCUT2D eigenvalue weighted by Gasteiger charge is 2.36. The third-order valence-corrected chi connectivity index (χ3v) is 7.72. The molecule has 2 aromatic carbocycles. The van der Waals surface area contributed by atoms with Crippen LogP contribution in [0.15, 0.2) is 47.4 Å². The van der Waals surface area contributed by atoms with E-state index in [4.69, 9.17) is 4.74 Å². The van der Waals surface area contributed by atoms with E-state index in [1.165, 1.54) is 18.2 Å². The summed E-state index contributed by atoms with van der Waals surface area (Å²) in [4.78, 5) is 32.7. The molecule has 2 aliphatic rings. The van der Waals surface area contributed by atoms with E-state index in [1.807, 2.05) is 23.8 Å². The van der Waals surface area contributed by atoms with E-state index in [-0.39, 0.29) is 28.5 Å². The lowest BCUT2D eigenvalue weighted by atomic mass is 10.0. The van der Waals surface area contributed by atoms with Gasteiger partial charge in [-0.3, -0.25) is 9.59 Å². The van der Waals surface area contributed by atoms with Crippen LogP contribution in [0.25, 0.3) is 11.1 Å². The van der Waals surface area contributed by atoms with Crippen LogP contribution in [0.1, 0.15) is 22.8 Å². The number of aromatic nitrogens is 1. The molecule has 0 unspecified atom stereocenters. The minimum atomic E-state index is -4.97. The number of amides is 1. The van der Waals surface area contributed by atoms with Gasteiger partial charge in [0.2, 0.25) is 5.56 Å². The van der Waals surface area contributed by atoms with Crippen molar-refractivity contribution in [1.82, 2.24) is 9.88 Å². The molecule has 2 saturated heterocycles. The molecule has 2 N–H and O–H groups in total. The van der Waals surface area contributed by atoms with E-state index >= 15 is 8.78 Å². The van der Waals surface area contributed by atoms with Crippen LogP contribution in [0.5, 0.6) is 0 Å². The number of halogens is 5. The minimum Gasteiger partial charge on any atom is -0.378 e. The lowest BCUT2D eigenvalue weighted by Crippen LogP contribution is -2.50. The van der Waals surface area contributed by atoms with Gasteiger partial charge in [0.05, 0.1) is 41.4 Å². The Balaban J connectivity index is 1.56. The van der Waals surface area contributed by atoms with E-state index in [9.17, 15) is 22.8 Å². The fourth-order valence-corrected chi connectivity index (χ4v) is 5.23. The lowest BCUT2D eigenvalue weighted by Gasteiger charge is -2.39. The van der Waals surface area contributed by atoms with Crippen molar-refractivity contribution in [2.75, 3.05) is 68.1 Å². The van der Waals surface area contributed by atoms with Gasteiger partial charge < -0.3 is 29.7 Å². The summed E-state index contributed by atoms with van der Waals surface area (Å²) in [5.74, 6) is -2.40. The number of nitrogens with one attached hydrogen (secondary N) is 2. The van der Waals surface area contributed by atoms with E-state index in [0.29, 0.717) is 63.9 Å². The Morgan fingerprint density at radius 2 is 1.71 bits per heavy atom. The SMILES string of the molecule is C[C@@H]1CN(c2cc(F)c(-c3ccc(N4CCOCC4)c(F)c3)cc2NC(=O)c2c[nH]c(=O)cc2C(F)(F)F)CCN1C. The summed E-state index contributed by atoms with van der Waals surface area (Å²) in [6.45, 7) is 5.46. The third kappa shape index (κ3) is 6.12. The van der Waals surface area contributed by atoms with Crippen LogP contribution in [0.2, 0.25) is 0 Å². The normalized spacial score (nSPS) is 18.3. The first-order chi connectivity index (χ1) is 19.9. The summed E-state index contributed by atoms with van der Waals surface area (Å²) in [7, 11) is 1.94.